The van der Waals surface area contributed by atoms with E-state index >= 15 is 0 Å². The van der Waals surface area contributed by atoms with Crippen LogP contribution in [0.2, 0.25) is 0 Å². The summed E-state index contributed by atoms with van der Waals surface area (Å²) in [7, 11) is 0. The van der Waals surface area contributed by atoms with Crippen molar-refractivity contribution in [1.29, 1.82) is 5.26 Å². The van der Waals surface area contributed by atoms with Gasteiger partial charge in [0.1, 0.15) is 6.07 Å². The molecular formula is C12H15N5O2. The van der Waals surface area contributed by atoms with Crippen LogP contribution in [0, 0.1) is 27.4 Å². The number of anilines is 1. The molecule has 19 heavy (non-hydrogen) atoms. The van der Waals surface area contributed by atoms with Crippen LogP contribution in [0.25, 0.3) is 0 Å². The largest absolute Gasteiger partial charge is 0.358 e. The average molecular weight is 261 g/mol. The van der Waals surface area contributed by atoms with Crippen LogP contribution in [0.5, 0.6) is 0 Å². The van der Waals surface area contributed by atoms with Gasteiger partial charge in [0.05, 0.1) is 16.0 Å². The van der Waals surface area contributed by atoms with Gasteiger partial charge in [-0.25, -0.2) is 4.98 Å². The van der Waals surface area contributed by atoms with Gasteiger partial charge in [-0.2, -0.15) is 5.26 Å². The van der Waals surface area contributed by atoms with Crippen molar-refractivity contribution in [2.24, 2.45) is 11.7 Å². The number of aromatic nitrogens is 1. The lowest BCUT2D eigenvalue weighted by molar-refractivity contribution is -0.384. The summed E-state index contributed by atoms with van der Waals surface area (Å²) < 4.78 is 0. The lowest BCUT2D eigenvalue weighted by Crippen LogP contribution is -2.45. The summed E-state index contributed by atoms with van der Waals surface area (Å²) in [4.78, 5) is 14.5. The van der Waals surface area contributed by atoms with Crippen LogP contribution in [0.15, 0.2) is 12.3 Å². The van der Waals surface area contributed by atoms with Gasteiger partial charge in [0.15, 0.2) is 0 Å². The maximum Gasteiger partial charge on any atom is 0.312 e. The molecule has 3 N–H and O–H groups in total. The zero-order valence-corrected chi connectivity index (χ0v) is 10.6. The van der Waals surface area contributed by atoms with Gasteiger partial charge in [-0.05, 0) is 25.7 Å². The van der Waals surface area contributed by atoms with Gasteiger partial charge in [0.2, 0.25) is 5.82 Å². The van der Waals surface area contributed by atoms with Crippen molar-refractivity contribution in [2.45, 2.75) is 25.3 Å². The fourth-order valence-electron chi connectivity index (χ4n) is 2.06. The van der Waals surface area contributed by atoms with E-state index in [1.165, 1.54) is 12.3 Å². The van der Waals surface area contributed by atoms with E-state index in [4.69, 9.17) is 11.0 Å². The summed E-state index contributed by atoms with van der Waals surface area (Å²) in [5.74, 6) is 0.582. The number of pyridine rings is 1. The molecule has 0 aromatic carbocycles. The first-order valence-corrected chi connectivity index (χ1v) is 6.03. The van der Waals surface area contributed by atoms with E-state index in [0.29, 0.717) is 12.5 Å². The molecule has 0 radical (unpaired) electrons. The highest BCUT2D eigenvalue weighted by Crippen LogP contribution is 2.41. The molecule has 0 aliphatic heterocycles. The quantitative estimate of drug-likeness (QED) is 0.611. The summed E-state index contributed by atoms with van der Waals surface area (Å²) in [5.41, 5.74) is 5.34. The molecule has 1 unspecified atom stereocenters. The minimum atomic E-state index is -0.542. The molecule has 1 atom stereocenters. The predicted molar refractivity (Wildman–Crippen MR) is 69.4 cm³/mol. The molecule has 0 amide bonds. The van der Waals surface area contributed by atoms with Crippen LogP contribution >= 0.6 is 0 Å². The van der Waals surface area contributed by atoms with Gasteiger partial charge in [-0.15, -0.1) is 0 Å². The Labute approximate surface area is 110 Å². The normalized spacial score (nSPS) is 17.3. The molecule has 1 saturated carbocycles. The molecule has 1 heterocycles. The average Bonchev–Trinajstić information content (AvgIpc) is 3.23. The zero-order valence-electron chi connectivity index (χ0n) is 10.6. The van der Waals surface area contributed by atoms with Crippen LogP contribution in [0.3, 0.4) is 0 Å². The van der Waals surface area contributed by atoms with Gasteiger partial charge in [0.25, 0.3) is 0 Å². The second kappa shape index (κ2) is 4.82. The molecule has 0 spiro atoms. The fraction of sp³-hybridized carbons (Fsp3) is 0.500. The predicted octanol–water partition coefficient (Wildman–Crippen LogP) is 1.40. The third-order valence-electron chi connectivity index (χ3n) is 3.50. The minimum absolute atomic E-state index is 0.165. The van der Waals surface area contributed by atoms with Crippen LogP contribution in [0.1, 0.15) is 25.3 Å². The smallest absolute Gasteiger partial charge is 0.312 e. The monoisotopic (exact) mass is 261 g/mol. The summed E-state index contributed by atoms with van der Waals surface area (Å²) in [5, 5.41) is 22.9. The number of nitro groups is 1. The van der Waals surface area contributed by atoms with Crippen LogP contribution in [0.4, 0.5) is 11.5 Å². The summed E-state index contributed by atoms with van der Waals surface area (Å²) in [6.45, 7) is 2.31. The van der Waals surface area contributed by atoms with Gasteiger partial charge in [-0.3, -0.25) is 10.1 Å². The van der Waals surface area contributed by atoms with E-state index in [2.05, 4.69) is 10.3 Å². The van der Waals surface area contributed by atoms with Crippen LogP contribution < -0.4 is 11.1 Å². The molecule has 1 aromatic heterocycles. The van der Waals surface area contributed by atoms with Gasteiger partial charge in [-0.1, -0.05) is 0 Å². The Hall–Kier alpha value is -2.20. The molecule has 1 aromatic rings. The molecular weight excluding hydrogens is 246 g/mol. The number of hydrogen-bond donors (Lipinski definition) is 2. The molecule has 7 heteroatoms. The van der Waals surface area contributed by atoms with Crippen molar-refractivity contribution >= 4 is 11.5 Å². The summed E-state index contributed by atoms with van der Waals surface area (Å²) >= 11 is 0. The maximum atomic E-state index is 11.0. The van der Waals surface area contributed by atoms with Crippen LogP contribution in [-0.2, 0) is 0 Å². The SMILES string of the molecule is CC(CN)(Nc1ncc(C#N)cc1[N+](=O)[O-])C1CC1. The number of hydrogen-bond acceptors (Lipinski definition) is 6. The summed E-state index contributed by atoms with van der Waals surface area (Å²) in [6, 6.07) is 3.06. The zero-order chi connectivity index (χ0) is 14.0. The first kappa shape index (κ1) is 13.2. The van der Waals surface area contributed by atoms with E-state index in [0.717, 1.165) is 12.8 Å². The van der Waals surface area contributed by atoms with Crippen molar-refractivity contribution in [3.63, 3.8) is 0 Å². The van der Waals surface area contributed by atoms with Crippen molar-refractivity contribution < 1.29 is 4.92 Å². The number of rotatable bonds is 5. The topological polar surface area (TPSA) is 118 Å². The molecule has 1 aliphatic carbocycles. The second-order valence-electron chi connectivity index (χ2n) is 4.98. The fourth-order valence-corrected chi connectivity index (χ4v) is 2.06. The molecule has 0 saturated heterocycles. The first-order valence-electron chi connectivity index (χ1n) is 6.03. The molecule has 100 valence electrons. The third-order valence-corrected chi connectivity index (χ3v) is 3.50. The Morgan fingerprint density at radius 1 is 1.74 bits per heavy atom. The van der Waals surface area contributed by atoms with E-state index < -0.39 is 10.5 Å². The Morgan fingerprint density at radius 2 is 2.42 bits per heavy atom. The van der Waals surface area contributed by atoms with E-state index in [9.17, 15) is 10.1 Å². The highest BCUT2D eigenvalue weighted by atomic mass is 16.6. The molecule has 7 nitrogen and oxygen atoms in total. The van der Waals surface area contributed by atoms with Gasteiger partial charge < -0.3 is 11.1 Å². The Kier molecular flexibility index (Phi) is 3.36. The second-order valence-corrected chi connectivity index (χ2v) is 4.98. The van der Waals surface area contributed by atoms with Crippen molar-refractivity contribution in [3.05, 3.63) is 27.9 Å². The lowest BCUT2D eigenvalue weighted by atomic mass is 9.96. The van der Waals surface area contributed by atoms with Crippen LogP contribution in [-0.4, -0.2) is 22.0 Å². The highest BCUT2D eigenvalue weighted by molar-refractivity contribution is 5.59. The number of nitrogens with zero attached hydrogens (tertiary/aromatic N) is 3. The van der Waals surface area contributed by atoms with E-state index in [1.807, 2.05) is 13.0 Å². The molecule has 1 aliphatic rings. The van der Waals surface area contributed by atoms with E-state index in [1.54, 1.807) is 0 Å². The standard InChI is InChI=1S/C12H15N5O2/c1-12(7-14,9-2-3-9)16-11-10(17(18)19)4-8(5-13)6-15-11/h4,6,9H,2-3,7,14H2,1H3,(H,15,16). The minimum Gasteiger partial charge on any atom is -0.358 e. The lowest BCUT2D eigenvalue weighted by Gasteiger charge is -2.29. The van der Waals surface area contributed by atoms with Crippen molar-refractivity contribution in [1.82, 2.24) is 4.98 Å². The van der Waals surface area contributed by atoms with Gasteiger partial charge >= 0.3 is 5.69 Å². The van der Waals surface area contributed by atoms with E-state index in [-0.39, 0.29) is 17.1 Å². The number of nitrogens with two attached hydrogens (primary N) is 1. The Balaban J connectivity index is 2.34. The van der Waals surface area contributed by atoms with Crippen molar-refractivity contribution in [3.8, 4) is 6.07 Å². The Bertz CT molecular complexity index is 550. The highest BCUT2D eigenvalue weighted by Gasteiger charge is 2.41. The number of nitrogens with one attached hydrogen (secondary N) is 1. The molecule has 0 bridgehead atoms. The summed E-state index contributed by atoms with van der Waals surface area (Å²) in [6.07, 6.45) is 3.44. The van der Waals surface area contributed by atoms with Crippen molar-refractivity contribution in [2.75, 3.05) is 11.9 Å². The Morgan fingerprint density at radius 3 is 2.89 bits per heavy atom. The first-order chi connectivity index (χ1) is 9.00. The molecule has 1 fully saturated rings. The number of nitriles is 1. The maximum absolute atomic E-state index is 11.0. The third kappa shape index (κ3) is 2.63. The molecule has 2 rings (SSSR count). The van der Waals surface area contributed by atoms with Gasteiger partial charge in [0, 0.05) is 18.8 Å².